The quantitative estimate of drug-likeness (QED) is 0.674. The predicted molar refractivity (Wildman–Crippen MR) is 92.1 cm³/mol. The summed E-state index contributed by atoms with van der Waals surface area (Å²) in [4.78, 5) is 3.47. The van der Waals surface area contributed by atoms with Gasteiger partial charge in [0.1, 0.15) is 6.54 Å². The van der Waals surface area contributed by atoms with Gasteiger partial charge in [0.25, 0.3) is 0 Å². The van der Waals surface area contributed by atoms with Crippen LogP contribution in [0.2, 0.25) is 6.82 Å². The van der Waals surface area contributed by atoms with Gasteiger partial charge in [0.2, 0.25) is 6.71 Å². The maximum atomic E-state index is 11.6. The Hall–Kier alpha value is -2.50. The van der Waals surface area contributed by atoms with E-state index in [4.69, 9.17) is 0 Å². The van der Waals surface area contributed by atoms with Gasteiger partial charge in [-0.05, 0) is 0 Å². The summed E-state index contributed by atoms with van der Waals surface area (Å²) in [5, 5.41) is 0. The molecular weight excluding hydrogens is 312 g/mol. The van der Waals surface area contributed by atoms with Crippen LogP contribution >= 0.6 is 0 Å². The summed E-state index contributed by atoms with van der Waals surface area (Å²) >= 11 is 0. The van der Waals surface area contributed by atoms with E-state index in [2.05, 4.69) is 72.5 Å². The van der Waals surface area contributed by atoms with Gasteiger partial charge in [-0.2, -0.15) is 13.2 Å². The van der Waals surface area contributed by atoms with Crippen molar-refractivity contribution in [3.8, 4) is 0 Å². The Morgan fingerprint density at radius 2 is 1.42 bits per heavy atom. The zero-order valence-electron chi connectivity index (χ0n) is 13.3. The molecule has 0 aliphatic carbocycles. The lowest BCUT2D eigenvalue weighted by molar-refractivity contribution is -0.140. The minimum Gasteiger partial charge on any atom is -0.328 e. The van der Waals surface area contributed by atoms with Crippen molar-refractivity contribution < 1.29 is 13.2 Å². The largest absolute Gasteiger partial charge is 0.406 e. The second kappa shape index (κ2) is 8.38. The minimum atomic E-state index is -4.15. The highest BCUT2D eigenvalue weighted by molar-refractivity contribution is 6.84. The molecule has 6 heteroatoms. The van der Waals surface area contributed by atoms with Crippen molar-refractivity contribution in [1.82, 2.24) is 9.55 Å². The van der Waals surface area contributed by atoms with E-state index in [1.54, 1.807) is 0 Å². The molecule has 0 aliphatic rings. The molecule has 0 N–H and O–H groups in total. The molecule has 0 amide bonds. The number of halogens is 3. The van der Waals surface area contributed by atoms with Gasteiger partial charge in [-0.25, -0.2) is 4.98 Å². The first kappa shape index (κ1) is 17.9. The highest BCUT2D eigenvalue weighted by Crippen LogP contribution is 2.16. The van der Waals surface area contributed by atoms with Gasteiger partial charge in [-0.3, -0.25) is 0 Å². The molecule has 2 nitrogen and oxygen atoms in total. The van der Waals surface area contributed by atoms with Crippen LogP contribution < -0.4 is 10.9 Å². The first-order valence-electron chi connectivity index (χ1n) is 7.58. The maximum absolute atomic E-state index is 11.6. The molecule has 0 fully saturated rings. The van der Waals surface area contributed by atoms with Crippen molar-refractivity contribution in [2.24, 2.45) is 0 Å². The predicted octanol–water partition coefficient (Wildman–Crippen LogP) is 3.37. The van der Waals surface area contributed by atoms with E-state index in [1.165, 1.54) is 23.3 Å². The van der Waals surface area contributed by atoms with Gasteiger partial charge < -0.3 is 4.57 Å². The Morgan fingerprint density at radius 3 is 1.79 bits per heavy atom. The summed E-state index contributed by atoms with van der Waals surface area (Å²) in [6.45, 7) is 1.76. The Balaban J connectivity index is 0.000000185. The molecule has 0 bridgehead atoms. The molecule has 1 aromatic heterocycles. The van der Waals surface area contributed by atoms with Crippen LogP contribution in [0, 0.1) is 0 Å². The monoisotopic (exact) mass is 330 g/mol. The number of hydrogen-bond acceptors (Lipinski definition) is 1. The van der Waals surface area contributed by atoms with Gasteiger partial charge in [-0.1, -0.05) is 78.4 Å². The van der Waals surface area contributed by atoms with Crippen LogP contribution in [-0.2, 0) is 6.54 Å². The van der Waals surface area contributed by atoms with Gasteiger partial charge >= 0.3 is 6.18 Å². The molecule has 2 aromatic carbocycles. The molecule has 0 saturated heterocycles. The van der Waals surface area contributed by atoms with E-state index < -0.39 is 12.7 Å². The molecule has 3 aromatic rings. The Morgan fingerprint density at radius 1 is 0.917 bits per heavy atom. The number of rotatable bonds is 3. The number of hydrogen-bond donors (Lipinski definition) is 0. The topological polar surface area (TPSA) is 17.8 Å². The third-order valence-electron chi connectivity index (χ3n) is 3.52. The molecular formula is C18H18BF3N2. The summed E-state index contributed by atoms with van der Waals surface area (Å²) in [5.74, 6) is 0. The van der Waals surface area contributed by atoms with Crippen molar-refractivity contribution in [3.05, 3.63) is 79.4 Å². The molecule has 0 aliphatic heterocycles. The molecule has 24 heavy (non-hydrogen) atoms. The lowest BCUT2D eigenvalue weighted by Gasteiger charge is -2.08. The number of nitrogens with zero attached hydrogens (tertiary/aromatic N) is 2. The summed E-state index contributed by atoms with van der Waals surface area (Å²) in [6, 6.07) is 21.2. The molecule has 0 atom stereocenters. The normalized spacial score (nSPS) is 10.7. The highest BCUT2D eigenvalue weighted by atomic mass is 19.4. The lowest BCUT2D eigenvalue weighted by Crippen LogP contribution is -2.38. The number of benzene rings is 2. The number of aromatic nitrogens is 2. The SMILES string of the molecule is CB(c1ccccc1)c1ccccc1.FC(F)(F)Cn1ccnc1. The smallest absolute Gasteiger partial charge is 0.328 e. The molecule has 0 saturated carbocycles. The minimum absolute atomic E-state index is 0.484. The van der Waals surface area contributed by atoms with E-state index in [1.807, 2.05) is 0 Å². The van der Waals surface area contributed by atoms with Crippen LogP contribution in [0.3, 0.4) is 0 Å². The molecule has 3 rings (SSSR count). The first-order chi connectivity index (χ1) is 11.5. The van der Waals surface area contributed by atoms with Crippen LogP contribution in [0.15, 0.2) is 79.4 Å². The molecule has 0 spiro atoms. The molecule has 0 radical (unpaired) electrons. The van der Waals surface area contributed by atoms with Gasteiger partial charge in [0, 0.05) is 12.4 Å². The van der Waals surface area contributed by atoms with E-state index in [9.17, 15) is 13.2 Å². The third kappa shape index (κ3) is 5.95. The highest BCUT2D eigenvalue weighted by Gasteiger charge is 2.27. The van der Waals surface area contributed by atoms with Crippen LogP contribution in [0.1, 0.15) is 0 Å². The molecule has 124 valence electrons. The van der Waals surface area contributed by atoms with E-state index in [0.29, 0.717) is 6.71 Å². The van der Waals surface area contributed by atoms with Gasteiger partial charge in [-0.15, -0.1) is 0 Å². The van der Waals surface area contributed by atoms with E-state index in [0.717, 1.165) is 10.9 Å². The van der Waals surface area contributed by atoms with Crippen LogP contribution in [0.25, 0.3) is 0 Å². The van der Waals surface area contributed by atoms with Gasteiger partial charge in [0.05, 0.1) is 6.33 Å². The molecule has 1 heterocycles. The lowest BCUT2D eigenvalue weighted by atomic mass is 9.43. The third-order valence-corrected chi connectivity index (χ3v) is 3.52. The van der Waals surface area contributed by atoms with Crippen LogP contribution in [0.5, 0.6) is 0 Å². The first-order valence-corrected chi connectivity index (χ1v) is 7.58. The molecule has 0 unspecified atom stereocenters. The Labute approximate surface area is 140 Å². The zero-order chi connectivity index (χ0) is 17.4. The van der Waals surface area contributed by atoms with Crippen molar-refractivity contribution in [1.29, 1.82) is 0 Å². The van der Waals surface area contributed by atoms with Crippen molar-refractivity contribution >= 4 is 17.6 Å². The second-order valence-corrected chi connectivity index (χ2v) is 5.39. The summed E-state index contributed by atoms with van der Waals surface area (Å²) in [7, 11) is 0. The summed E-state index contributed by atoms with van der Waals surface area (Å²) < 4.78 is 35.7. The standard InChI is InChI=1S/C13H13B.C5H5F3N2/c1-14(12-8-4-2-5-9-12)13-10-6-3-7-11-13;6-5(7,8)3-10-2-1-9-4-10/h2-11H,1H3;1-2,4H,3H2. The van der Waals surface area contributed by atoms with Gasteiger partial charge in [0.15, 0.2) is 0 Å². The fourth-order valence-electron chi connectivity index (χ4n) is 2.26. The average Bonchev–Trinajstić information content (AvgIpc) is 3.07. The number of alkyl halides is 3. The van der Waals surface area contributed by atoms with Crippen LogP contribution in [0.4, 0.5) is 13.2 Å². The maximum Gasteiger partial charge on any atom is 0.406 e. The zero-order valence-corrected chi connectivity index (χ0v) is 13.3. The average molecular weight is 330 g/mol. The van der Waals surface area contributed by atoms with Crippen molar-refractivity contribution in [2.45, 2.75) is 19.5 Å². The fourth-order valence-corrected chi connectivity index (χ4v) is 2.26. The summed E-state index contributed by atoms with van der Waals surface area (Å²) in [6.07, 6.45) is -0.437. The second-order valence-electron chi connectivity index (χ2n) is 5.39. The van der Waals surface area contributed by atoms with Crippen molar-refractivity contribution in [2.75, 3.05) is 0 Å². The van der Waals surface area contributed by atoms with E-state index in [-0.39, 0.29) is 0 Å². The number of imidazole rings is 1. The van der Waals surface area contributed by atoms with E-state index >= 15 is 0 Å². The fraction of sp³-hybridized carbons (Fsp3) is 0.167. The summed E-state index contributed by atoms with van der Waals surface area (Å²) in [5.41, 5.74) is 2.75. The Kier molecular flexibility index (Phi) is 6.24. The van der Waals surface area contributed by atoms with Crippen LogP contribution in [-0.4, -0.2) is 22.4 Å². The van der Waals surface area contributed by atoms with Crippen molar-refractivity contribution in [3.63, 3.8) is 0 Å². The Bertz CT molecular complexity index is 659.